The molecule has 7 heteroatoms. The fourth-order valence-corrected chi connectivity index (χ4v) is 4.01. The van der Waals surface area contributed by atoms with Crippen molar-refractivity contribution in [3.63, 3.8) is 0 Å². The summed E-state index contributed by atoms with van der Waals surface area (Å²) in [5.41, 5.74) is 1.06. The van der Waals surface area contributed by atoms with Gasteiger partial charge in [-0.1, -0.05) is 37.3 Å². The second kappa shape index (κ2) is 7.58. The Morgan fingerprint density at radius 3 is 2.61 bits per heavy atom. The lowest BCUT2D eigenvalue weighted by Crippen LogP contribution is -2.49. The van der Waals surface area contributed by atoms with Gasteiger partial charge in [-0.25, -0.2) is 4.79 Å². The fraction of sp³-hybridized carbons (Fsp3) is 0.429. The molecule has 2 aliphatic rings. The smallest absolute Gasteiger partial charge is 0.410 e. The van der Waals surface area contributed by atoms with Gasteiger partial charge in [-0.15, -0.1) is 5.10 Å². The van der Waals surface area contributed by atoms with Crippen molar-refractivity contribution in [3.8, 4) is 0 Å². The van der Waals surface area contributed by atoms with Gasteiger partial charge in [0.15, 0.2) is 5.69 Å². The van der Waals surface area contributed by atoms with E-state index in [1.165, 1.54) is 5.56 Å². The van der Waals surface area contributed by atoms with E-state index in [4.69, 9.17) is 4.74 Å². The highest BCUT2D eigenvalue weighted by Crippen LogP contribution is 2.34. The summed E-state index contributed by atoms with van der Waals surface area (Å²) in [7, 11) is 0. The Balaban J connectivity index is 1.36. The summed E-state index contributed by atoms with van der Waals surface area (Å²) >= 11 is 0. The van der Waals surface area contributed by atoms with Gasteiger partial charge in [0.05, 0.1) is 6.54 Å². The second-order valence-corrected chi connectivity index (χ2v) is 7.64. The molecule has 28 heavy (non-hydrogen) atoms. The molecule has 2 fully saturated rings. The Kier molecular flexibility index (Phi) is 4.98. The summed E-state index contributed by atoms with van der Waals surface area (Å²) in [5.74, 6) is 0.115. The summed E-state index contributed by atoms with van der Waals surface area (Å²) in [6.45, 7) is 4.42. The molecule has 1 aromatic carbocycles. The molecule has 2 aromatic rings. The van der Waals surface area contributed by atoms with E-state index in [-0.39, 0.29) is 17.9 Å². The number of carbonyl (C=O) groups excluding carboxylic acids is 2. The Morgan fingerprint density at radius 1 is 1.18 bits per heavy atom. The first-order valence-corrected chi connectivity index (χ1v) is 9.66. The van der Waals surface area contributed by atoms with Crippen LogP contribution in [0.2, 0.25) is 0 Å². The van der Waals surface area contributed by atoms with E-state index in [0.717, 1.165) is 0 Å². The molecule has 0 unspecified atom stereocenters. The topological polar surface area (TPSA) is 75.6 Å². The summed E-state index contributed by atoms with van der Waals surface area (Å²) in [4.78, 5) is 28.6. The largest absolute Gasteiger partial charge is 0.441 e. The maximum Gasteiger partial charge on any atom is 0.410 e. The van der Waals surface area contributed by atoms with Crippen molar-refractivity contribution in [1.82, 2.24) is 20.0 Å². The van der Waals surface area contributed by atoms with E-state index in [9.17, 15) is 9.59 Å². The molecule has 7 nitrogen and oxygen atoms in total. The van der Waals surface area contributed by atoms with Gasteiger partial charge >= 0.3 is 6.09 Å². The number of aromatic nitrogens is 2. The number of carbonyl (C=O) groups is 2. The summed E-state index contributed by atoms with van der Waals surface area (Å²) in [5, 5.41) is 7.66. The van der Waals surface area contributed by atoms with E-state index in [1.807, 2.05) is 18.2 Å². The highest BCUT2D eigenvalue weighted by molar-refractivity contribution is 5.92. The number of benzene rings is 1. The molecule has 2 saturated heterocycles. The molecule has 1 atom stereocenters. The summed E-state index contributed by atoms with van der Waals surface area (Å²) < 4.78 is 5.79. The van der Waals surface area contributed by atoms with Crippen molar-refractivity contribution in [3.05, 3.63) is 59.9 Å². The van der Waals surface area contributed by atoms with Crippen molar-refractivity contribution in [2.45, 2.75) is 31.3 Å². The zero-order chi connectivity index (χ0) is 19.6. The van der Waals surface area contributed by atoms with E-state index in [0.29, 0.717) is 44.7 Å². The van der Waals surface area contributed by atoms with Crippen LogP contribution >= 0.6 is 0 Å². The van der Waals surface area contributed by atoms with Crippen LogP contribution in [-0.4, -0.2) is 63.8 Å². The van der Waals surface area contributed by atoms with Gasteiger partial charge in [0.25, 0.3) is 5.91 Å². The molecular formula is C21H24N4O3. The van der Waals surface area contributed by atoms with Crippen molar-refractivity contribution in [2.24, 2.45) is 0 Å². The molecule has 0 radical (unpaired) electrons. The van der Waals surface area contributed by atoms with Crippen LogP contribution in [0.3, 0.4) is 0 Å². The minimum absolute atomic E-state index is 0.123. The molecule has 146 valence electrons. The van der Waals surface area contributed by atoms with Crippen LogP contribution in [0.25, 0.3) is 0 Å². The van der Waals surface area contributed by atoms with Crippen LogP contribution in [0.5, 0.6) is 0 Å². The van der Waals surface area contributed by atoms with Gasteiger partial charge in [-0.05, 0) is 23.6 Å². The van der Waals surface area contributed by atoms with Gasteiger partial charge in [0.1, 0.15) is 5.60 Å². The molecule has 2 aliphatic heterocycles. The first kappa shape index (κ1) is 18.4. The first-order chi connectivity index (χ1) is 13.6. The predicted octanol–water partition coefficient (Wildman–Crippen LogP) is 2.71. The van der Waals surface area contributed by atoms with E-state index in [2.05, 4.69) is 29.3 Å². The maximum absolute atomic E-state index is 12.5. The Morgan fingerprint density at radius 2 is 1.93 bits per heavy atom. The normalized spacial score (nSPS) is 19.5. The Hall–Kier alpha value is -2.96. The molecule has 0 aliphatic carbocycles. The van der Waals surface area contributed by atoms with Gasteiger partial charge < -0.3 is 14.5 Å². The number of piperidine rings is 1. The van der Waals surface area contributed by atoms with E-state index in [1.54, 1.807) is 28.1 Å². The lowest BCUT2D eigenvalue weighted by molar-refractivity contribution is 0.00293. The second-order valence-electron chi connectivity index (χ2n) is 7.64. The number of rotatable bonds is 4. The predicted molar refractivity (Wildman–Crippen MR) is 103 cm³/mol. The van der Waals surface area contributed by atoms with Crippen LogP contribution in [0, 0.1) is 0 Å². The number of ether oxygens (including phenoxy) is 1. The lowest BCUT2D eigenvalue weighted by atomic mass is 9.90. The molecule has 1 spiro atoms. The third-order valence-electron chi connectivity index (χ3n) is 5.66. The molecular weight excluding hydrogens is 356 g/mol. The maximum atomic E-state index is 12.5. The number of likely N-dealkylation sites (tertiary alicyclic amines) is 1. The summed E-state index contributed by atoms with van der Waals surface area (Å²) in [6, 6.07) is 13.6. The highest BCUT2D eigenvalue weighted by atomic mass is 16.6. The Labute approximate surface area is 164 Å². The van der Waals surface area contributed by atoms with Crippen LogP contribution < -0.4 is 0 Å². The quantitative estimate of drug-likeness (QED) is 0.815. The number of hydrogen-bond donors (Lipinski definition) is 0. The third kappa shape index (κ3) is 3.69. The standard InChI is InChI=1S/C21H24N4O3/c1-16(17-6-3-2-4-7-17)14-25-15-21(28-20(25)27)9-12-24(13-10-21)19(26)18-8-5-11-22-23-18/h2-8,11,16H,9-10,12-15H2,1H3/t16-/m0/s1. The van der Waals surface area contributed by atoms with Gasteiger partial charge in [-0.3, -0.25) is 4.79 Å². The first-order valence-electron chi connectivity index (χ1n) is 9.66. The molecule has 4 rings (SSSR count). The minimum atomic E-state index is -0.493. The van der Waals surface area contributed by atoms with Crippen molar-refractivity contribution < 1.29 is 14.3 Å². The van der Waals surface area contributed by atoms with Crippen LogP contribution in [0.15, 0.2) is 48.7 Å². The van der Waals surface area contributed by atoms with Crippen molar-refractivity contribution in [1.29, 1.82) is 0 Å². The molecule has 0 bridgehead atoms. The van der Waals surface area contributed by atoms with Gasteiger partial charge in [0.2, 0.25) is 0 Å². The minimum Gasteiger partial charge on any atom is -0.441 e. The lowest BCUT2D eigenvalue weighted by Gasteiger charge is -2.37. The monoisotopic (exact) mass is 380 g/mol. The highest BCUT2D eigenvalue weighted by Gasteiger charge is 2.47. The average Bonchev–Trinajstić information content (AvgIpc) is 3.03. The van der Waals surface area contributed by atoms with Crippen molar-refractivity contribution in [2.75, 3.05) is 26.2 Å². The SMILES string of the molecule is C[C@@H](CN1CC2(CCN(C(=O)c3cccnn3)CC2)OC1=O)c1ccccc1. The number of nitrogens with zero attached hydrogens (tertiary/aromatic N) is 4. The zero-order valence-corrected chi connectivity index (χ0v) is 16.0. The van der Waals surface area contributed by atoms with Crippen LogP contribution in [-0.2, 0) is 4.74 Å². The molecule has 3 heterocycles. The molecule has 0 N–H and O–H groups in total. The van der Waals surface area contributed by atoms with E-state index < -0.39 is 5.60 Å². The van der Waals surface area contributed by atoms with Crippen LogP contribution in [0.4, 0.5) is 4.79 Å². The van der Waals surface area contributed by atoms with E-state index >= 15 is 0 Å². The zero-order valence-electron chi connectivity index (χ0n) is 16.0. The van der Waals surface area contributed by atoms with Crippen molar-refractivity contribution >= 4 is 12.0 Å². The number of amides is 2. The fourth-order valence-electron chi connectivity index (χ4n) is 4.01. The molecule has 0 saturated carbocycles. The Bertz CT molecular complexity index is 835. The summed E-state index contributed by atoms with van der Waals surface area (Å²) in [6.07, 6.45) is 2.57. The third-order valence-corrected chi connectivity index (χ3v) is 5.66. The molecule has 1 aromatic heterocycles. The van der Waals surface area contributed by atoms with Gasteiger partial charge in [-0.2, -0.15) is 5.10 Å². The molecule has 2 amide bonds. The number of hydrogen-bond acceptors (Lipinski definition) is 5. The van der Waals surface area contributed by atoms with Gasteiger partial charge in [0, 0.05) is 38.7 Å². The average molecular weight is 380 g/mol. The van der Waals surface area contributed by atoms with Crippen LogP contribution in [0.1, 0.15) is 41.7 Å².